The molecule has 9 heteroatoms. The molecule has 1 fully saturated rings. The minimum Gasteiger partial charge on any atom is -0.336 e. The van der Waals surface area contributed by atoms with Crippen molar-refractivity contribution in [2.45, 2.75) is 10.9 Å². The average Bonchev–Trinajstić information content (AvgIpc) is 3.00. The van der Waals surface area contributed by atoms with E-state index in [1.54, 1.807) is 17.3 Å². The number of hydrogen-bond acceptors (Lipinski definition) is 5. The molecule has 134 valence electrons. The number of aryl methyl sites for hydroxylation is 1. The maximum atomic E-state index is 12.7. The Balaban J connectivity index is 1.81. The van der Waals surface area contributed by atoms with Crippen LogP contribution in [0, 0.1) is 0 Å². The Morgan fingerprint density at radius 1 is 1.36 bits per heavy atom. The van der Waals surface area contributed by atoms with Crippen LogP contribution in [-0.2, 0) is 21.7 Å². The summed E-state index contributed by atoms with van der Waals surface area (Å²) in [7, 11) is -1.87. The lowest BCUT2D eigenvalue weighted by Crippen LogP contribution is -2.50. The number of rotatable bonds is 4. The monoisotopic (exact) mass is 382 g/mol. The summed E-state index contributed by atoms with van der Waals surface area (Å²) in [6, 6.07) is 5.54. The van der Waals surface area contributed by atoms with Crippen LogP contribution in [0.2, 0.25) is 5.02 Å². The number of nitrogens with zero attached hydrogens (tertiary/aromatic N) is 3. The highest BCUT2D eigenvalue weighted by Gasteiger charge is 2.33. The first-order chi connectivity index (χ1) is 11.9. The van der Waals surface area contributed by atoms with E-state index in [-0.39, 0.29) is 10.9 Å². The SMILES string of the molecule is Cn1ccnc1C1CNCCN1C(=O)CS(=O)(=O)c1ccc(Cl)cc1. The first-order valence-electron chi connectivity index (χ1n) is 7.84. The molecule has 2 heterocycles. The Kier molecular flexibility index (Phi) is 5.12. The van der Waals surface area contributed by atoms with Crippen molar-refractivity contribution in [2.75, 3.05) is 25.4 Å². The van der Waals surface area contributed by atoms with Gasteiger partial charge in [-0.15, -0.1) is 0 Å². The summed E-state index contributed by atoms with van der Waals surface area (Å²) >= 11 is 5.79. The van der Waals surface area contributed by atoms with Crippen LogP contribution in [0.15, 0.2) is 41.6 Å². The van der Waals surface area contributed by atoms with Gasteiger partial charge in [0.15, 0.2) is 9.84 Å². The summed E-state index contributed by atoms with van der Waals surface area (Å²) in [5, 5.41) is 3.67. The average molecular weight is 383 g/mol. The Hall–Kier alpha value is -1.90. The molecule has 0 bridgehead atoms. The number of carbonyl (C=O) groups excluding carboxylic acids is 1. The summed E-state index contributed by atoms with van der Waals surface area (Å²) in [5.74, 6) is -0.274. The van der Waals surface area contributed by atoms with E-state index in [9.17, 15) is 13.2 Å². The second kappa shape index (κ2) is 7.15. The number of sulfone groups is 1. The molecule has 1 aromatic carbocycles. The van der Waals surface area contributed by atoms with Crippen LogP contribution in [0.5, 0.6) is 0 Å². The zero-order valence-electron chi connectivity index (χ0n) is 13.7. The lowest BCUT2D eigenvalue weighted by molar-refractivity contribution is -0.132. The lowest BCUT2D eigenvalue weighted by Gasteiger charge is -2.35. The van der Waals surface area contributed by atoms with Gasteiger partial charge in [-0.25, -0.2) is 13.4 Å². The van der Waals surface area contributed by atoms with E-state index in [0.29, 0.717) is 24.7 Å². The fourth-order valence-electron chi connectivity index (χ4n) is 2.90. The van der Waals surface area contributed by atoms with Crippen LogP contribution < -0.4 is 5.32 Å². The number of halogens is 1. The third-order valence-electron chi connectivity index (χ3n) is 4.21. The van der Waals surface area contributed by atoms with Crippen molar-refractivity contribution < 1.29 is 13.2 Å². The molecule has 1 amide bonds. The number of carbonyl (C=O) groups is 1. The molecule has 1 atom stereocenters. The molecule has 1 unspecified atom stereocenters. The molecule has 1 aliphatic rings. The summed E-state index contributed by atoms with van der Waals surface area (Å²) < 4.78 is 26.9. The predicted octanol–water partition coefficient (Wildman–Crippen LogP) is 1.02. The van der Waals surface area contributed by atoms with Gasteiger partial charge in [0.25, 0.3) is 0 Å². The Labute approximate surface area is 151 Å². The smallest absolute Gasteiger partial charge is 0.238 e. The number of benzene rings is 1. The fourth-order valence-corrected chi connectivity index (χ4v) is 4.24. The van der Waals surface area contributed by atoms with Crippen molar-refractivity contribution >= 4 is 27.3 Å². The van der Waals surface area contributed by atoms with Crippen molar-refractivity contribution in [1.82, 2.24) is 19.8 Å². The summed E-state index contributed by atoms with van der Waals surface area (Å²) in [6.07, 6.45) is 3.47. The predicted molar refractivity (Wildman–Crippen MR) is 94.0 cm³/mol. The van der Waals surface area contributed by atoms with Gasteiger partial charge in [-0.05, 0) is 24.3 Å². The van der Waals surface area contributed by atoms with Gasteiger partial charge in [-0.3, -0.25) is 4.79 Å². The highest BCUT2D eigenvalue weighted by atomic mass is 35.5. The molecule has 0 aliphatic carbocycles. The number of aromatic nitrogens is 2. The van der Waals surface area contributed by atoms with E-state index in [1.807, 2.05) is 11.6 Å². The third-order valence-corrected chi connectivity index (χ3v) is 6.08. The minimum atomic E-state index is -3.73. The maximum absolute atomic E-state index is 12.7. The fraction of sp³-hybridized carbons (Fsp3) is 0.375. The van der Waals surface area contributed by atoms with Gasteiger partial charge >= 0.3 is 0 Å². The van der Waals surface area contributed by atoms with E-state index in [4.69, 9.17) is 11.6 Å². The Morgan fingerprint density at radius 2 is 2.08 bits per heavy atom. The third kappa shape index (κ3) is 3.86. The Bertz CT molecular complexity index is 864. The molecular formula is C16H19ClN4O3S. The van der Waals surface area contributed by atoms with Gasteiger partial charge < -0.3 is 14.8 Å². The van der Waals surface area contributed by atoms with Crippen molar-refractivity contribution in [1.29, 1.82) is 0 Å². The van der Waals surface area contributed by atoms with Crippen LogP contribution in [0.3, 0.4) is 0 Å². The van der Waals surface area contributed by atoms with E-state index in [2.05, 4.69) is 10.3 Å². The number of hydrogen-bond donors (Lipinski definition) is 1. The molecule has 1 N–H and O–H groups in total. The summed E-state index contributed by atoms with van der Waals surface area (Å²) in [4.78, 5) is 18.7. The number of amides is 1. The molecular weight excluding hydrogens is 364 g/mol. The molecule has 2 aromatic rings. The van der Waals surface area contributed by atoms with Crippen LogP contribution >= 0.6 is 11.6 Å². The summed E-state index contributed by atoms with van der Waals surface area (Å²) in [5.41, 5.74) is 0. The molecule has 1 aromatic heterocycles. The minimum absolute atomic E-state index is 0.0916. The second-order valence-electron chi connectivity index (χ2n) is 5.92. The molecule has 1 aliphatic heterocycles. The lowest BCUT2D eigenvalue weighted by atomic mass is 10.1. The highest BCUT2D eigenvalue weighted by molar-refractivity contribution is 7.92. The van der Waals surface area contributed by atoms with E-state index in [0.717, 1.165) is 5.82 Å². The maximum Gasteiger partial charge on any atom is 0.238 e. The van der Waals surface area contributed by atoms with Gasteiger partial charge in [0.2, 0.25) is 5.91 Å². The molecule has 25 heavy (non-hydrogen) atoms. The topological polar surface area (TPSA) is 84.3 Å². The quantitative estimate of drug-likeness (QED) is 0.853. The van der Waals surface area contributed by atoms with Gasteiger partial charge in [-0.2, -0.15) is 0 Å². The first-order valence-corrected chi connectivity index (χ1v) is 9.87. The normalized spacial score (nSPS) is 18.3. The number of nitrogens with one attached hydrogen (secondary N) is 1. The highest BCUT2D eigenvalue weighted by Crippen LogP contribution is 2.22. The standard InChI is InChI=1S/C16H19ClN4O3S/c1-20-8-7-19-16(20)14-10-18-6-9-21(14)15(22)11-25(23,24)13-4-2-12(17)3-5-13/h2-5,7-8,14,18H,6,9-11H2,1H3. The first kappa shape index (κ1) is 17.9. The number of piperazine rings is 1. The van der Waals surface area contributed by atoms with Crippen molar-refractivity contribution in [3.8, 4) is 0 Å². The molecule has 1 saturated heterocycles. The van der Waals surface area contributed by atoms with Crippen LogP contribution in [-0.4, -0.2) is 54.2 Å². The largest absolute Gasteiger partial charge is 0.336 e. The second-order valence-corrected chi connectivity index (χ2v) is 8.34. The van der Waals surface area contributed by atoms with Crippen molar-refractivity contribution in [3.63, 3.8) is 0 Å². The van der Waals surface area contributed by atoms with Crippen LogP contribution in [0.25, 0.3) is 0 Å². The zero-order valence-corrected chi connectivity index (χ0v) is 15.3. The van der Waals surface area contributed by atoms with Crippen LogP contribution in [0.1, 0.15) is 11.9 Å². The Morgan fingerprint density at radius 3 is 2.72 bits per heavy atom. The van der Waals surface area contributed by atoms with Gasteiger partial charge in [0.05, 0.1) is 4.90 Å². The molecule has 3 rings (SSSR count). The van der Waals surface area contributed by atoms with Crippen molar-refractivity contribution in [2.24, 2.45) is 7.05 Å². The van der Waals surface area contributed by atoms with Gasteiger partial charge in [0.1, 0.15) is 17.6 Å². The molecule has 0 spiro atoms. The molecule has 0 radical (unpaired) electrons. The van der Waals surface area contributed by atoms with Gasteiger partial charge in [0, 0.05) is 44.1 Å². The van der Waals surface area contributed by atoms with Crippen molar-refractivity contribution in [3.05, 3.63) is 47.5 Å². The number of imidazole rings is 1. The van der Waals surface area contributed by atoms with Gasteiger partial charge in [-0.1, -0.05) is 11.6 Å². The van der Waals surface area contributed by atoms with E-state index in [1.165, 1.54) is 24.3 Å². The summed E-state index contributed by atoms with van der Waals surface area (Å²) in [6.45, 7) is 1.59. The van der Waals surface area contributed by atoms with E-state index < -0.39 is 21.5 Å². The molecule has 7 nitrogen and oxygen atoms in total. The van der Waals surface area contributed by atoms with E-state index >= 15 is 0 Å². The molecule has 0 saturated carbocycles. The zero-order chi connectivity index (χ0) is 18.0. The van der Waals surface area contributed by atoms with Crippen LogP contribution in [0.4, 0.5) is 0 Å².